The van der Waals surface area contributed by atoms with Crippen molar-refractivity contribution < 1.29 is 39.2 Å². The number of carbonyl (C=O) groups is 2. The molecule has 224 valence electrons. The van der Waals surface area contributed by atoms with Crippen LogP contribution >= 0.6 is 0 Å². The number of nitrogens with one attached hydrogen (secondary N) is 2. The highest BCUT2D eigenvalue weighted by molar-refractivity contribution is 6.10. The molecule has 0 fully saturated rings. The molecule has 0 heterocycles. The second kappa shape index (κ2) is 14.8. The van der Waals surface area contributed by atoms with E-state index in [1.54, 1.807) is 36.4 Å². The van der Waals surface area contributed by atoms with Crippen LogP contribution in [0.25, 0.3) is 0 Å². The number of rotatable bonds is 15. The SMILES string of the molecule is CC(C)(COc1ccc(NOCc2ccccc2COO)cc1)COc1ccc(NC(=O)c2ccccc2C(=O)O)cc1. The van der Waals surface area contributed by atoms with E-state index in [0.29, 0.717) is 37.0 Å². The third-order valence-electron chi connectivity index (χ3n) is 6.38. The van der Waals surface area contributed by atoms with E-state index in [4.69, 9.17) is 19.6 Å². The van der Waals surface area contributed by atoms with Crippen molar-refractivity contribution >= 4 is 23.3 Å². The maximum absolute atomic E-state index is 12.6. The number of carboxylic acid groups (broad SMARTS) is 1. The number of ether oxygens (including phenoxy) is 2. The Hall–Kier alpha value is -4.90. The molecule has 0 bridgehead atoms. The van der Waals surface area contributed by atoms with Crippen LogP contribution in [0.2, 0.25) is 0 Å². The fourth-order valence-electron chi connectivity index (χ4n) is 4.02. The van der Waals surface area contributed by atoms with E-state index in [1.807, 2.05) is 62.4 Å². The van der Waals surface area contributed by atoms with E-state index in [1.165, 1.54) is 12.1 Å². The zero-order chi connectivity index (χ0) is 30.7. The number of anilines is 2. The highest BCUT2D eigenvalue weighted by Gasteiger charge is 2.21. The summed E-state index contributed by atoms with van der Waals surface area (Å²) in [5.41, 5.74) is 5.64. The molecule has 4 aromatic carbocycles. The minimum absolute atomic E-state index is 0.0602. The van der Waals surface area contributed by atoms with Gasteiger partial charge in [0, 0.05) is 11.1 Å². The standard InChI is InChI=1S/C33H34N2O8/c1-33(2,21-40-27-15-11-25(12-16-27)34-31(36)29-9-5-6-10-30(29)32(37)38)22-41-28-17-13-26(14-18-28)35-42-19-23-7-3-4-8-24(23)20-43-39/h3-18,35,39H,19-22H2,1-2H3,(H,34,36)(H,37,38). The van der Waals surface area contributed by atoms with Gasteiger partial charge in [0.25, 0.3) is 5.91 Å². The molecule has 0 unspecified atom stereocenters. The van der Waals surface area contributed by atoms with Gasteiger partial charge in [0.1, 0.15) is 18.1 Å². The van der Waals surface area contributed by atoms with Crippen LogP contribution in [0, 0.1) is 5.41 Å². The average molecular weight is 587 g/mol. The molecule has 4 aromatic rings. The minimum Gasteiger partial charge on any atom is -0.493 e. The summed E-state index contributed by atoms with van der Waals surface area (Å²) in [4.78, 5) is 33.8. The average Bonchev–Trinajstić information content (AvgIpc) is 3.01. The van der Waals surface area contributed by atoms with Crippen LogP contribution in [0.3, 0.4) is 0 Å². The summed E-state index contributed by atoms with van der Waals surface area (Å²) >= 11 is 0. The first-order chi connectivity index (χ1) is 20.7. The van der Waals surface area contributed by atoms with Crippen LogP contribution in [0.4, 0.5) is 11.4 Å². The lowest BCUT2D eigenvalue weighted by Crippen LogP contribution is -2.28. The molecule has 0 atom stereocenters. The van der Waals surface area contributed by atoms with Gasteiger partial charge in [-0.05, 0) is 71.8 Å². The van der Waals surface area contributed by atoms with Crippen molar-refractivity contribution in [3.05, 3.63) is 119 Å². The molecule has 4 N–H and O–H groups in total. The molecule has 1 amide bonds. The molecule has 0 saturated carbocycles. The number of hydrogen-bond acceptors (Lipinski definition) is 8. The topological polar surface area (TPSA) is 136 Å². The van der Waals surface area contributed by atoms with E-state index in [2.05, 4.69) is 15.7 Å². The molecule has 0 saturated heterocycles. The molecular weight excluding hydrogens is 552 g/mol. The predicted octanol–water partition coefficient (Wildman–Crippen LogP) is 6.65. The highest BCUT2D eigenvalue weighted by atomic mass is 17.1. The molecule has 0 spiro atoms. The van der Waals surface area contributed by atoms with Gasteiger partial charge in [-0.15, -0.1) is 0 Å². The minimum atomic E-state index is -1.16. The Labute approximate surface area is 249 Å². The smallest absolute Gasteiger partial charge is 0.336 e. The number of hydrogen-bond donors (Lipinski definition) is 4. The Morgan fingerprint density at radius 3 is 1.77 bits per heavy atom. The lowest BCUT2D eigenvalue weighted by Gasteiger charge is -2.25. The quantitative estimate of drug-likeness (QED) is 0.0891. The predicted molar refractivity (Wildman–Crippen MR) is 161 cm³/mol. The Morgan fingerprint density at radius 1 is 0.698 bits per heavy atom. The second-order valence-electron chi connectivity index (χ2n) is 10.5. The molecule has 0 radical (unpaired) electrons. The van der Waals surface area contributed by atoms with Gasteiger partial charge in [-0.25, -0.2) is 9.68 Å². The first-order valence-electron chi connectivity index (χ1n) is 13.5. The van der Waals surface area contributed by atoms with E-state index < -0.39 is 11.9 Å². The fourth-order valence-corrected chi connectivity index (χ4v) is 4.02. The third kappa shape index (κ3) is 9.30. The summed E-state index contributed by atoms with van der Waals surface area (Å²) in [6, 6.07) is 27.8. The van der Waals surface area contributed by atoms with Crippen molar-refractivity contribution in [1.82, 2.24) is 0 Å². The molecule has 0 aliphatic rings. The van der Waals surface area contributed by atoms with Crippen molar-refractivity contribution in [3.63, 3.8) is 0 Å². The van der Waals surface area contributed by atoms with E-state index in [-0.39, 0.29) is 23.1 Å². The van der Waals surface area contributed by atoms with Gasteiger partial charge >= 0.3 is 5.97 Å². The maximum atomic E-state index is 12.6. The van der Waals surface area contributed by atoms with Gasteiger partial charge in [0.15, 0.2) is 0 Å². The normalized spacial score (nSPS) is 11.0. The molecule has 43 heavy (non-hydrogen) atoms. The van der Waals surface area contributed by atoms with Crippen LogP contribution in [-0.4, -0.2) is 35.5 Å². The summed E-state index contributed by atoms with van der Waals surface area (Å²) in [7, 11) is 0. The van der Waals surface area contributed by atoms with Gasteiger partial charge in [-0.2, -0.15) is 0 Å². The molecule has 10 heteroatoms. The van der Waals surface area contributed by atoms with Crippen LogP contribution in [0.1, 0.15) is 45.7 Å². The Bertz CT molecular complexity index is 1500. The molecular formula is C33H34N2O8. The summed E-state index contributed by atoms with van der Waals surface area (Å²) in [6.45, 7) is 5.25. The lowest BCUT2D eigenvalue weighted by molar-refractivity contribution is -0.253. The van der Waals surface area contributed by atoms with Crippen molar-refractivity contribution in [2.75, 3.05) is 24.0 Å². The Balaban J connectivity index is 1.20. The first kappa shape index (κ1) is 31.0. The van der Waals surface area contributed by atoms with Gasteiger partial charge < -0.3 is 19.9 Å². The van der Waals surface area contributed by atoms with Crippen molar-refractivity contribution in [2.45, 2.75) is 27.1 Å². The zero-order valence-corrected chi connectivity index (χ0v) is 23.9. The summed E-state index contributed by atoms with van der Waals surface area (Å²) < 4.78 is 11.9. The summed E-state index contributed by atoms with van der Waals surface area (Å²) in [6.07, 6.45) is 0. The largest absolute Gasteiger partial charge is 0.493 e. The summed E-state index contributed by atoms with van der Waals surface area (Å²) in [5.74, 6) is -0.338. The highest BCUT2D eigenvalue weighted by Crippen LogP contribution is 2.24. The van der Waals surface area contributed by atoms with Gasteiger partial charge in [-0.3, -0.25) is 20.4 Å². The molecule has 4 rings (SSSR count). The third-order valence-corrected chi connectivity index (χ3v) is 6.38. The Morgan fingerprint density at radius 2 is 1.21 bits per heavy atom. The summed E-state index contributed by atoms with van der Waals surface area (Å²) in [5, 5.41) is 20.8. The molecule has 0 aliphatic carbocycles. The number of amides is 1. The number of aromatic carboxylic acids is 1. The van der Waals surface area contributed by atoms with E-state index in [0.717, 1.165) is 16.8 Å². The van der Waals surface area contributed by atoms with Crippen LogP contribution in [-0.2, 0) is 22.9 Å². The molecule has 0 aliphatic heterocycles. The van der Waals surface area contributed by atoms with Crippen LogP contribution in [0.5, 0.6) is 11.5 Å². The monoisotopic (exact) mass is 586 g/mol. The van der Waals surface area contributed by atoms with Crippen LogP contribution in [0.15, 0.2) is 97.1 Å². The second-order valence-corrected chi connectivity index (χ2v) is 10.5. The van der Waals surface area contributed by atoms with E-state index >= 15 is 0 Å². The lowest BCUT2D eigenvalue weighted by atomic mass is 9.96. The Kier molecular flexibility index (Phi) is 10.7. The zero-order valence-electron chi connectivity index (χ0n) is 23.9. The molecule has 10 nitrogen and oxygen atoms in total. The first-order valence-corrected chi connectivity index (χ1v) is 13.5. The fraction of sp³-hybridized carbons (Fsp3) is 0.212. The van der Waals surface area contributed by atoms with Crippen molar-refractivity contribution in [1.29, 1.82) is 0 Å². The van der Waals surface area contributed by atoms with Crippen molar-refractivity contribution in [3.8, 4) is 11.5 Å². The maximum Gasteiger partial charge on any atom is 0.336 e. The number of carbonyl (C=O) groups excluding carboxylic acids is 1. The van der Waals surface area contributed by atoms with Gasteiger partial charge in [0.05, 0.1) is 36.6 Å². The molecule has 0 aromatic heterocycles. The van der Waals surface area contributed by atoms with Gasteiger partial charge in [0.2, 0.25) is 0 Å². The van der Waals surface area contributed by atoms with Crippen LogP contribution < -0.4 is 20.3 Å². The number of benzene rings is 4. The number of carboxylic acids is 1. The van der Waals surface area contributed by atoms with E-state index in [9.17, 15) is 14.7 Å². The van der Waals surface area contributed by atoms with Gasteiger partial charge in [-0.1, -0.05) is 50.2 Å². The van der Waals surface area contributed by atoms with Crippen molar-refractivity contribution in [2.24, 2.45) is 5.41 Å².